The van der Waals surface area contributed by atoms with Gasteiger partial charge in [0.25, 0.3) is 0 Å². The van der Waals surface area contributed by atoms with Crippen molar-refractivity contribution in [1.82, 2.24) is 0 Å². The largest absolute Gasteiger partial charge is 0.369 e. The second-order valence-corrected chi connectivity index (χ2v) is 7.70. The molecule has 0 aromatic heterocycles. The molecule has 0 saturated heterocycles. The van der Waals surface area contributed by atoms with Crippen molar-refractivity contribution < 1.29 is 4.74 Å². The molecule has 0 amide bonds. The normalized spacial score (nSPS) is 18.6. The summed E-state index contributed by atoms with van der Waals surface area (Å²) >= 11 is 0. The highest BCUT2D eigenvalue weighted by Crippen LogP contribution is 2.36. The summed E-state index contributed by atoms with van der Waals surface area (Å²) in [5, 5.41) is 0. The Morgan fingerprint density at radius 1 is 0.737 bits per heavy atom. The van der Waals surface area contributed by atoms with Crippen molar-refractivity contribution in [3.63, 3.8) is 0 Å². The van der Waals surface area contributed by atoms with Gasteiger partial charge in [-0.3, -0.25) is 0 Å². The van der Waals surface area contributed by atoms with Crippen LogP contribution in [0.5, 0.6) is 0 Å². The molecule has 0 aromatic rings. The lowest BCUT2D eigenvalue weighted by molar-refractivity contribution is -0.162. The van der Waals surface area contributed by atoms with E-state index >= 15 is 0 Å². The van der Waals surface area contributed by atoms with Gasteiger partial charge >= 0.3 is 0 Å². The van der Waals surface area contributed by atoms with E-state index in [0.717, 1.165) is 12.8 Å². The van der Waals surface area contributed by atoms with Gasteiger partial charge in [0.05, 0.1) is 11.2 Å². The molecule has 0 heterocycles. The zero-order chi connectivity index (χ0) is 15.1. The number of ether oxygens (including phenoxy) is 1. The maximum absolute atomic E-state index is 6.73. The molecule has 0 radical (unpaired) electrons. The van der Waals surface area contributed by atoms with Crippen molar-refractivity contribution in [1.29, 1.82) is 0 Å². The lowest BCUT2D eigenvalue weighted by Gasteiger charge is -2.42. The van der Waals surface area contributed by atoms with Gasteiger partial charge in [-0.1, -0.05) is 54.4 Å². The van der Waals surface area contributed by atoms with Gasteiger partial charge in [0.1, 0.15) is 0 Å². The summed E-state index contributed by atoms with van der Waals surface area (Å²) < 4.78 is 6.73. The van der Waals surface area contributed by atoms with Gasteiger partial charge in [-0.15, -0.1) is 0 Å². The van der Waals surface area contributed by atoms with Crippen LogP contribution in [0.15, 0.2) is 0 Å². The van der Waals surface area contributed by atoms with Gasteiger partial charge in [-0.2, -0.15) is 0 Å². The predicted octanol–water partition coefficient (Wildman–Crippen LogP) is 6.21. The minimum Gasteiger partial charge on any atom is -0.369 e. The van der Waals surface area contributed by atoms with Crippen molar-refractivity contribution in [3.8, 4) is 0 Å². The molecule has 0 bridgehead atoms. The van der Waals surface area contributed by atoms with Crippen molar-refractivity contribution in [2.75, 3.05) is 0 Å². The molecule has 116 valence electrons. The maximum Gasteiger partial charge on any atom is 0.0664 e. The second-order valence-electron chi connectivity index (χ2n) is 7.70. The highest BCUT2D eigenvalue weighted by Gasteiger charge is 2.35. The fourth-order valence-electron chi connectivity index (χ4n) is 3.77. The summed E-state index contributed by atoms with van der Waals surface area (Å²) in [6.45, 7) is 18.4. The molecule has 0 rings (SSSR count). The van der Waals surface area contributed by atoms with E-state index < -0.39 is 0 Å². The van der Waals surface area contributed by atoms with Crippen LogP contribution in [0, 0.1) is 11.8 Å². The Morgan fingerprint density at radius 2 is 1.05 bits per heavy atom. The number of hydrogen-bond acceptors (Lipinski definition) is 1. The van der Waals surface area contributed by atoms with E-state index in [0.29, 0.717) is 11.8 Å². The highest BCUT2D eigenvalue weighted by molar-refractivity contribution is 4.85. The van der Waals surface area contributed by atoms with Crippen LogP contribution in [0.1, 0.15) is 93.9 Å². The molecule has 1 heteroatoms. The Kier molecular flexibility index (Phi) is 8.27. The first-order valence-electron chi connectivity index (χ1n) is 8.36. The van der Waals surface area contributed by atoms with Crippen LogP contribution in [0.25, 0.3) is 0 Å². The topological polar surface area (TPSA) is 9.23 Å². The fourth-order valence-corrected chi connectivity index (χ4v) is 3.77. The quantitative estimate of drug-likeness (QED) is 0.458. The van der Waals surface area contributed by atoms with Crippen LogP contribution in [-0.4, -0.2) is 11.2 Å². The molecule has 0 spiro atoms. The summed E-state index contributed by atoms with van der Waals surface area (Å²) in [6.07, 6.45) is 7.07. The van der Waals surface area contributed by atoms with E-state index in [1.165, 1.54) is 25.7 Å². The molecule has 0 saturated carbocycles. The third-order valence-electron chi connectivity index (χ3n) is 3.73. The van der Waals surface area contributed by atoms with Gasteiger partial charge in [-0.25, -0.2) is 0 Å². The highest BCUT2D eigenvalue weighted by atomic mass is 16.5. The predicted molar refractivity (Wildman–Crippen MR) is 86.6 cm³/mol. The van der Waals surface area contributed by atoms with Crippen LogP contribution in [0.3, 0.4) is 0 Å². The summed E-state index contributed by atoms with van der Waals surface area (Å²) in [6, 6.07) is 0. The van der Waals surface area contributed by atoms with Crippen LogP contribution in [0.4, 0.5) is 0 Å². The molecular weight excluding hydrogens is 232 g/mol. The van der Waals surface area contributed by atoms with Crippen LogP contribution < -0.4 is 0 Å². The van der Waals surface area contributed by atoms with E-state index in [4.69, 9.17) is 4.74 Å². The first-order valence-corrected chi connectivity index (χ1v) is 8.36. The first kappa shape index (κ1) is 19.0. The van der Waals surface area contributed by atoms with Gasteiger partial charge in [0.15, 0.2) is 0 Å². The molecule has 2 unspecified atom stereocenters. The van der Waals surface area contributed by atoms with Crippen LogP contribution in [-0.2, 0) is 4.74 Å². The molecule has 0 aromatic carbocycles. The first-order chi connectivity index (χ1) is 8.66. The van der Waals surface area contributed by atoms with E-state index in [-0.39, 0.29) is 11.2 Å². The summed E-state index contributed by atoms with van der Waals surface area (Å²) in [5.74, 6) is 1.39. The van der Waals surface area contributed by atoms with Crippen molar-refractivity contribution in [2.45, 2.75) is 105 Å². The molecule has 1 nitrogen and oxygen atoms in total. The van der Waals surface area contributed by atoms with Gasteiger partial charge in [0, 0.05) is 0 Å². The number of hydrogen-bond donors (Lipinski definition) is 0. The zero-order valence-corrected chi connectivity index (χ0v) is 14.8. The Morgan fingerprint density at radius 3 is 1.26 bits per heavy atom. The molecule has 19 heavy (non-hydrogen) atoms. The zero-order valence-electron chi connectivity index (χ0n) is 14.8. The molecule has 0 aliphatic rings. The standard InChI is InChI=1S/C18H38O/c1-9-11-17(7,13-15(3)4)19-18(8,12-10-2)14-16(5)6/h15-16H,9-14H2,1-8H3. The fraction of sp³-hybridized carbons (Fsp3) is 1.00. The third kappa shape index (κ3) is 7.97. The maximum atomic E-state index is 6.73. The lowest BCUT2D eigenvalue weighted by atomic mass is 9.85. The molecule has 2 atom stereocenters. The van der Waals surface area contributed by atoms with Crippen molar-refractivity contribution in [2.24, 2.45) is 11.8 Å². The van der Waals surface area contributed by atoms with Gasteiger partial charge in [0.2, 0.25) is 0 Å². The Hall–Kier alpha value is -0.0400. The Bertz CT molecular complexity index is 210. The minimum atomic E-state index is 0.0434. The van der Waals surface area contributed by atoms with E-state index in [1.54, 1.807) is 0 Å². The SMILES string of the molecule is CCCC(C)(CC(C)C)OC(C)(CCC)CC(C)C. The number of rotatable bonds is 10. The van der Waals surface area contributed by atoms with Crippen LogP contribution in [0.2, 0.25) is 0 Å². The van der Waals surface area contributed by atoms with Crippen LogP contribution >= 0.6 is 0 Å². The molecule has 0 N–H and O–H groups in total. The molecular formula is C18H38O. The molecule has 0 aliphatic carbocycles. The molecule has 0 aliphatic heterocycles. The smallest absolute Gasteiger partial charge is 0.0664 e. The van der Waals surface area contributed by atoms with E-state index in [2.05, 4.69) is 55.4 Å². The Labute approximate surface area is 122 Å². The van der Waals surface area contributed by atoms with Gasteiger partial charge < -0.3 is 4.74 Å². The van der Waals surface area contributed by atoms with Gasteiger partial charge in [-0.05, 0) is 51.4 Å². The average molecular weight is 271 g/mol. The lowest BCUT2D eigenvalue weighted by Crippen LogP contribution is -2.42. The van der Waals surface area contributed by atoms with Crippen molar-refractivity contribution >= 4 is 0 Å². The molecule has 0 fully saturated rings. The van der Waals surface area contributed by atoms with E-state index in [9.17, 15) is 0 Å². The third-order valence-corrected chi connectivity index (χ3v) is 3.73. The van der Waals surface area contributed by atoms with Crippen molar-refractivity contribution in [3.05, 3.63) is 0 Å². The monoisotopic (exact) mass is 270 g/mol. The summed E-state index contributed by atoms with van der Waals surface area (Å²) in [7, 11) is 0. The summed E-state index contributed by atoms with van der Waals surface area (Å²) in [4.78, 5) is 0. The van der Waals surface area contributed by atoms with E-state index in [1.807, 2.05) is 0 Å². The summed E-state index contributed by atoms with van der Waals surface area (Å²) in [5.41, 5.74) is 0.0868. The average Bonchev–Trinajstić information content (AvgIpc) is 2.12. The minimum absolute atomic E-state index is 0.0434. The second kappa shape index (κ2) is 8.29. The Balaban J connectivity index is 4.91.